The molecule has 0 saturated heterocycles. The molecule has 0 aromatic heterocycles. The zero-order valence-electron chi connectivity index (χ0n) is 11.0. The van der Waals surface area contributed by atoms with Crippen LogP contribution < -0.4 is 5.32 Å². The zero-order chi connectivity index (χ0) is 11.9. The van der Waals surface area contributed by atoms with E-state index in [1.807, 2.05) is 0 Å². The third-order valence-electron chi connectivity index (χ3n) is 4.89. The van der Waals surface area contributed by atoms with Gasteiger partial charge in [0.25, 0.3) is 0 Å². The molecule has 1 heteroatoms. The lowest BCUT2D eigenvalue weighted by Gasteiger charge is -2.40. The summed E-state index contributed by atoms with van der Waals surface area (Å²) >= 11 is 0. The van der Waals surface area contributed by atoms with Gasteiger partial charge < -0.3 is 5.32 Å². The van der Waals surface area contributed by atoms with Crippen LogP contribution in [0.1, 0.15) is 45.1 Å². The van der Waals surface area contributed by atoms with Crippen LogP contribution in [0.2, 0.25) is 0 Å². The highest BCUT2D eigenvalue weighted by atomic mass is 15.0. The van der Waals surface area contributed by atoms with Crippen LogP contribution in [0.4, 0.5) is 5.69 Å². The van der Waals surface area contributed by atoms with Crippen molar-refractivity contribution in [2.75, 3.05) is 5.32 Å². The first-order valence-corrected chi connectivity index (χ1v) is 7.06. The van der Waals surface area contributed by atoms with E-state index in [0.717, 1.165) is 5.92 Å². The van der Waals surface area contributed by atoms with Crippen molar-refractivity contribution in [2.45, 2.75) is 51.5 Å². The zero-order valence-corrected chi connectivity index (χ0v) is 11.0. The average molecular weight is 229 g/mol. The molecule has 1 N–H and O–H groups in total. The Kier molecular flexibility index (Phi) is 2.65. The fraction of sp³-hybridized carbons (Fsp3) is 0.625. The van der Waals surface area contributed by atoms with Gasteiger partial charge in [-0.3, -0.25) is 0 Å². The number of nitrogens with one attached hydrogen (secondary N) is 1. The number of benzene rings is 1. The highest BCUT2D eigenvalue weighted by molar-refractivity contribution is 5.59. The van der Waals surface area contributed by atoms with Gasteiger partial charge in [-0.2, -0.15) is 0 Å². The molecule has 92 valence electrons. The smallest absolute Gasteiger partial charge is 0.0440 e. The van der Waals surface area contributed by atoms with E-state index < -0.39 is 0 Å². The molecule has 1 aliphatic heterocycles. The molecule has 1 aliphatic carbocycles. The predicted molar refractivity (Wildman–Crippen MR) is 73.3 cm³/mol. The standard InChI is InChI=1S/C16H23N/c1-12(2)16(10-13-6-5-7-13)11-14-8-3-4-9-15(14)17-16/h3-4,8-9,12-13,17H,5-7,10-11H2,1-2H3. The third kappa shape index (κ3) is 1.86. The van der Waals surface area contributed by atoms with E-state index in [4.69, 9.17) is 0 Å². The molecule has 1 saturated carbocycles. The van der Waals surface area contributed by atoms with Gasteiger partial charge in [0.1, 0.15) is 0 Å². The molecule has 1 fully saturated rings. The van der Waals surface area contributed by atoms with Crippen molar-refractivity contribution in [3.63, 3.8) is 0 Å². The van der Waals surface area contributed by atoms with Gasteiger partial charge in [-0.15, -0.1) is 0 Å². The first-order chi connectivity index (χ1) is 8.20. The lowest BCUT2D eigenvalue weighted by Crippen LogP contribution is -2.44. The first kappa shape index (κ1) is 11.1. The van der Waals surface area contributed by atoms with Crippen LogP contribution in [0.15, 0.2) is 24.3 Å². The van der Waals surface area contributed by atoms with Crippen LogP contribution in [0, 0.1) is 11.8 Å². The fourth-order valence-corrected chi connectivity index (χ4v) is 3.37. The van der Waals surface area contributed by atoms with Crippen LogP contribution in [0.25, 0.3) is 0 Å². The van der Waals surface area contributed by atoms with E-state index in [2.05, 4.69) is 43.4 Å². The number of rotatable bonds is 3. The van der Waals surface area contributed by atoms with Crippen molar-refractivity contribution in [3.05, 3.63) is 29.8 Å². The quantitative estimate of drug-likeness (QED) is 0.817. The molecule has 1 aromatic carbocycles. The van der Waals surface area contributed by atoms with E-state index in [0.29, 0.717) is 11.5 Å². The van der Waals surface area contributed by atoms with Crippen molar-refractivity contribution < 1.29 is 0 Å². The Balaban J connectivity index is 1.83. The Bertz CT molecular complexity index is 379. The summed E-state index contributed by atoms with van der Waals surface area (Å²) in [5.74, 6) is 1.68. The van der Waals surface area contributed by atoms with Gasteiger partial charge in [0.15, 0.2) is 0 Å². The molecule has 1 nitrogen and oxygen atoms in total. The fourth-order valence-electron chi connectivity index (χ4n) is 3.37. The van der Waals surface area contributed by atoms with Crippen LogP contribution in [-0.4, -0.2) is 5.54 Å². The Morgan fingerprint density at radius 3 is 2.65 bits per heavy atom. The second-order valence-corrected chi connectivity index (χ2v) is 6.27. The SMILES string of the molecule is CC(C)C1(CC2CCC2)Cc2ccccc2N1. The average Bonchev–Trinajstić information content (AvgIpc) is 2.63. The van der Waals surface area contributed by atoms with Crippen LogP contribution in [0.5, 0.6) is 0 Å². The molecular formula is C16H23N. The molecule has 0 amide bonds. The van der Waals surface area contributed by atoms with Gasteiger partial charge in [0.2, 0.25) is 0 Å². The largest absolute Gasteiger partial charge is 0.379 e. The second-order valence-electron chi connectivity index (χ2n) is 6.27. The molecular weight excluding hydrogens is 206 g/mol. The van der Waals surface area contributed by atoms with Crippen LogP contribution >= 0.6 is 0 Å². The number of hydrogen-bond acceptors (Lipinski definition) is 1. The van der Waals surface area contributed by atoms with E-state index in [1.54, 1.807) is 0 Å². The number of para-hydroxylation sites is 1. The molecule has 1 aromatic rings. The molecule has 3 rings (SSSR count). The summed E-state index contributed by atoms with van der Waals surface area (Å²) in [6, 6.07) is 8.83. The number of anilines is 1. The summed E-state index contributed by atoms with van der Waals surface area (Å²) in [5, 5.41) is 3.85. The Morgan fingerprint density at radius 1 is 1.29 bits per heavy atom. The van der Waals surface area contributed by atoms with Crippen molar-refractivity contribution in [1.82, 2.24) is 0 Å². The van der Waals surface area contributed by atoms with Gasteiger partial charge in [-0.1, -0.05) is 51.3 Å². The summed E-state index contributed by atoms with van der Waals surface area (Å²) in [5.41, 5.74) is 3.22. The third-order valence-corrected chi connectivity index (χ3v) is 4.89. The van der Waals surface area contributed by atoms with E-state index >= 15 is 0 Å². The van der Waals surface area contributed by atoms with Gasteiger partial charge in [0, 0.05) is 11.2 Å². The maximum absolute atomic E-state index is 3.85. The van der Waals surface area contributed by atoms with E-state index in [-0.39, 0.29) is 0 Å². The number of fused-ring (bicyclic) bond motifs is 1. The maximum Gasteiger partial charge on any atom is 0.0440 e. The molecule has 2 aliphatic rings. The minimum atomic E-state index is 0.328. The minimum Gasteiger partial charge on any atom is -0.379 e. The molecule has 1 unspecified atom stereocenters. The summed E-state index contributed by atoms with van der Waals surface area (Å²) in [6.07, 6.45) is 6.93. The van der Waals surface area contributed by atoms with Crippen molar-refractivity contribution in [3.8, 4) is 0 Å². The Morgan fingerprint density at radius 2 is 2.06 bits per heavy atom. The molecule has 17 heavy (non-hydrogen) atoms. The normalized spacial score (nSPS) is 27.7. The highest BCUT2D eigenvalue weighted by Gasteiger charge is 2.41. The Hall–Kier alpha value is -0.980. The summed E-state index contributed by atoms with van der Waals surface area (Å²) < 4.78 is 0. The Labute approximate surface area is 105 Å². The molecule has 1 atom stereocenters. The monoisotopic (exact) mass is 229 g/mol. The summed E-state index contributed by atoms with van der Waals surface area (Å²) in [6.45, 7) is 4.75. The van der Waals surface area contributed by atoms with Crippen molar-refractivity contribution >= 4 is 5.69 Å². The molecule has 0 spiro atoms. The van der Waals surface area contributed by atoms with Gasteiger partial charge >= 0.3 is 0 Å². The lowest BCUT2D eigenvalue weighted by molar-refractivity contribution is 0.204. The van der Waals surface area contributed by atoms with Crippen molar-refractivity contribution in [1.29, 1.82) is 0 Å². The molecule has 0 bridgehead atoms. The van der Waals surface area contributed by atoms with E-state index in [1.165, 1.54) is 43.4 Å². The van der Waals surface area contributed by atoms with E-state index in [9.17, 15) is 0 Å². The second kappa shape index (κ2) is 4.04. The highest BCUT2D eigenvalue weighted by Crippen LogP contribution is 2.44. The van der Waals surface area contributed by atoms with Gasteiger partial charge in [-0.25, -0.2) is 0 Å². The summed E-state index contributed by atoms with van der Waals surface area (Å²) in [4.78, 5) is 0. The topological polar surface area (TPSA) is 12.0 Å². The van der Waals surface area contributed by atoms with Gasteiger partial charge in [-0.05, 0) is 36.3 Å². The van der Waals surface area contributed by atoms with Crippen LogP contribution in [-0.2, 0) is 6.42 Å². The molecule has 0 radical (unpaired) electrons. The molecule has 1 heterocycles. The summed E-state index contributed by atoms with van der Waals surface area (Å²) in [7, 11) is 0. The number of hydrogen-bond donors (Lipinski definition) is 1. The van der Waals surface area contributed by atoms with Gasteiger partial charge in [0.05, 0.1) is 0 Å². The maximum atomic E-state index is 3.85. The van der Waals surface area contributed by atoms with Crippen molar-refractivity contribution in [2.24, 2.45) is 11.8 Å². The lowest BCUT2D eigenvalue weighted by atomic mass is 9.71. The van der Waals surface area contributed by atoms with Crippen LogP contribution in [0.3, 0.4) is 0 Å². The minimum absolute atomic E-state index is 0.328. The predicted octanol–water partition coefficient (Wildman–Crippen LogP) is 4.24. The first-order valence-electron chi connectivity index (χ1n) is 7.06.